The number of halogens is 2. The quantitative estimate of drug-likeness (QED) is 0.819. The number of amides is 1. The summed E-state index contributed by atoms with van der Waals surface area (Å²) in [5.41, 5.74) is 7.53. The third-order valence-corrected chi connectivity index (χ3v) is 4.50. The Bertz CT molecular complexity index is 709. The first-order valence-corrected chi connectivity index (χ1v) is 8.31. The van der Waals surface area contributed by atoms with Crippen molar-refractivity contribution in [3.63, 3.8) is 0 Å². The van der Waals surface area contributed by atoms with Gasteiger partial charge < -0.3 is 20.3 Å². The Morgan fingerprint density at radius 1 is 0.958 bits per heavy atom. The van der Waals surface area contributed by atoms with Crippen LogP contribution in [0.15, 0.2) is 42.5 Å². The Kier molecular flexibility index (Phi) is 5.02. The van der Waals surface area contributed by atoms with Crippen molar-refractivity contribution in [2.75, 3.05) is 36.8 Å². The van der Waals surface area contributed by atoms with Crippen LogP contribution in [0.3, 0.4) is 0 Å². The standard InChI is InChI=1S/C17H17Cl2N3O2/c18-14-2-1-3-15(19)16(14)24-17(23)22-10-8-21(9-11-22)13-6-4-12(20)5-7-13/h1-7H,8-11,20H2. The predicted octanol–water partition coefficient (Wildman–Crippen LogP) is 3.90. The Morgan fingerprint density at radius 3 is 2.12 bits per heavy atom. The van der Waals surface area contributed by atoms with Crippen LogP contribution in [0.25, 0.3) is 0 Å². The fourth-order valence-corrected chi connectivity index (χ4v) is 3.04. The van der Waals surface area contributed by atoms with Gasteiger partial charge in [-0.2, -0.15) is 0 Å². The van der Waals surface area contributed by atoms with Crippen LogP contribution in [0.5, 0.6) is 5.75 Å². The molecule has 1 fully saturated rings. The van der Waals surface area contributed by atoms with E-state index in [4.69, 9.17) is 33.7 Å². The predicted molar refractivity (Wildman–Crippen MR) is 97.1 cm³/mol. The molecule has 126 valence electrons. The van der Waals surface area contributed by atoms with Gasteiger partial charge in [0.25, 0.3) is 0 Å². The third kappa shape index (κ3) is 3.68. The fourth-order valence-electron chi connectivity index (χ4n) is 2.56. The molecule has 1 aliphatic rings. The lowest BCUT2D eigenvalue weighted by molar-refractivity contribution is 0.149. The zero-order valence-corrected chi connectivity index (χ0v) is 14.4. The van der Waals surface area contributed by atoms with Crippen molar-refractivity contribution in [2.45, 2.75) is 0 Å². The number of hydrogen-bond acceptors (Lipinski definition) is 4. The highest BCUT2D eigenvalue weighted by atomic mass is 35.5. The number of carbonyl (C=O) groups excluding carboxylic acids is 1. The van der Waals surface area contributed by atoms with Crippen LogP contribution >= 0.6 is 23.2 Å². The van der Waals surface area contributed by atoms with Crippen LogP contribution in [0, 0.1) is 0 Å². The van der Waals surface area contributed by atoms with E-state index < -0.39 is 6.09 Å². The van der Waals surface area contributed by atoms with Gasteiger partial charge in [0, 0.05) is 37.6 Å². The molecule has 0 spiro atoms. The fraction of sp³-hybridized carbons (Fsp3) is 0.235. The summed E-state index contributed by atoms with van der Waals surface area (Å²) in [7, 11) is 0. The van der Waals surface area contributed by atoms with Crippen molar-refractivity contribution in [1.82, 2.24) is 4.90 Å². The molecule has 3 rings (SSSR count). The van der Waals surface area contributed by atoms with E-state index in [1.54, 1.807) is 23.1 Å². The molecule has 0 bridgehead atoms. The molecule has 0 unspecified atom stereocenters. The van der Waals surface area contributed by atoms with Crippen molar-refractivity contribution >= 4 is 40.7 Å². The van der Waals surface area contributed by atoms with E-state index in [-0.39, 0.29) is 5.75 Å². The Balaban J connectivity index is 1.60. The molecule has 2 aromatic carbocycles. The zero-order chi connectivity index (χ0) is 17.1. The minimum Gasteiger partial charge on any atom is -0.407 e. The molecular formula is C17H17Cl2N3O2. The lowest BCUT2D eigenvalue weighted by Gasteiger charge is -2.35. The Labute approximate surface area is 150 Å². The second-order valence-electron chi connectivity index (χ2n) is 5.48. The van der Waals surface area contributed by atoms with Crippen LogP contribution in [0.4, 0.5) is 16.2 Å². The van der Waals surface area contributed by atoms with Gasteiger partial charge in [-0.1, -0.05) is 29.3 Å². The Hall–Kier alpha value is -2.11. The first-order chi connectivity index (χ1) is 11.5. The van der Waals surface area contributed by atoms with E-state index in [1.807, 2.05) is 24.3 Å². The van der Waals surface area contributed by atoms with Crippen molar-refractivity contribution in [3.8, 4) is 5.75 Å². The van der Waals surface area contributed by atoms with E-state index in [0.717, 1.165) is 24.5 Å². The summed E-state index contributed by atoms with van der Waals surface area (Å²) in [5.74, 6) is 0.201. The maximum atomic E-state index is 12.3. The summed E-state index contributed by atoms with van der Waals surface area (Å²) in [4.78, 5) is 16.2. The summed E-state index contributed by atoms with van der Waals surface area (Å²) in [5, 5.41) is 0.632. The number of nitrogen functional groups attached to an aromatic ring is 1. The molecular weight excluding hydrogens is 349 g/mol. The topological polar surface area (TPSA) is 58.8 Å². The van der Waals surface area contributed by atoms with Gasteiger partial charge in [0.2, 0.25) is 0 Å². The SMILES string of the molecule is Nc1ccc(N2CCN(C(=O)Oc3c(Cl)cccc3Cl)CC2)cc1. The lowest BCUT2D eigenvalue weighted by atomic mass is 10.2. The number of nitrogens with zero attached hydrogens (tertiary/aromatic N) is 2. The molecule has 2 N–H and O–H groups in total. The number of piperazine rings is 1. The monoisotopic (exact) mass is 365 g/mol. The van der Waals surface area contributed by atoms with Crippen LogP contribution in [0.2, 0.25) is 10.0 Å². The van der Waals surface area contributed by atoms with Crippen molar-refractivity contribution < 1.29 is 9.53 Å². The average molecular weight is 366 g/mol. The second kappa shape index (κ2) is 7.20. The first-order valence-electron chi connectivity index (χ1n) is 7.56. The minimum absolute atomic E-state index is 0.201. The van der Waals surface area contributed by atoms with Gasteiger partial charge in [0.05, 0.1) is 10.0 Å². The molecule has 0 radical (unpaired) electrons. The molecule has 0 aliphatic carbocycles. The van der Waals surface area contributed by atoms with E-state index >= 15 is 0 Å². The number of carbonyl (C=O) groups is 1. The molecule has 0 saturated carbocycles. The molecule has 0 aromatic heterocycles. The summed E-state index contributed by atoms with van der Waals surface area (Å²) < 4.78 is 5.36. The number of benzene rings is 2. The highest BCUT2D eigenvalue weighted by molar-refractivity contribution is 6.37. The summed E-state index contributed by atoms with van der Waals surface area (Å²) in [6.45, 7) is 2.56. The summed E-state index contributed by atoms with van der Waals surface area (Å²) >= 11 is 12.1. The average Bonchev–Trinajstić information content (AvgIpc) is 2.59. The van der Waals surface area contributed by atoms with E-state index in [0.29, 0.717) is 23.1 Å². The number of rotatable bonds is 2. The highest BCUT2D eigenvalue weighted by Crippen LogP contribution is 2.32. The molecule has 24 heavy (non-hydrogen) atoms. The van der Waals surface area contributed by atoms with Gasteiger partial charge >= 0.3 is 6.09 Å². The van der Waals surface area contributed by atoms with Gasteiger partial charge in [0.1, 0.15) is 0 Å². The third-order valence-electron chi connectivity index (χ3n) is 3.90. The molecule has 1 heterocycles. The van der Waals surface area contributed by atoms with Gasteiger partial charge in [0.15, 0.2) is 5.75 Å². The van der Waals surface area contributed by atoms with Crippen LogP contribution in [0.1, 0.15) is 0 Å². The number of ether oxygens (including phenoxy) is 1. The number of para-hydroxylation sites is 1. The number of hydrogen-bond donors (Lipinski definition) is 1. The molecule has 2 aromatic rings. The number of nitrogens with two attached hydrogens (primary N) is 1. The molecule has 5 nitrogen and oxygen atoms in total. The lowest BCUT2D eigenvalue weighted by Crippen LogP contribution is -2.49. The molecule has 0 atom stereocenters. The van der Waals surface area contributed by atoms with Crippen LogP contribution in [-0.4, -0.2) is 37.2 Å². The van der Waals surface area contributed by atoms with Gasteiger partial charge in [-0.3, -0.25) is 0 Å². The summed E-state index contributed by atoms with van der Waals surface area (Å²) in [6, 6.07) is 12.7. The minimum atomic E-state index is -0.443. The maximum absolute atomic E-state index is 12.3. The van der Waals surface area contributed by atoms with E-state index in [1.165, 1.54) is 0 Å². The second-order valence-corrected chi connectivity index (χ2v) is 6.30. The first kappa shape index (κ1) is 16.7. The zero-order valence-electron chi connectivity index (χ0n) is 12.9. The molecule has 1 amide bonds. The molecule has 1 aliphatic heterocycles. The summed E-state index contributed by atoms with van der Waals surface area (Å²) in [6.07, 6.45) is -0.443. The van der Waals surface area contributed by atoms with Crippen molar-refractivity contribution in [3.05, 3.63) is 52.5 Å². The van der Waals surface area contributed by atoms with Crippen molar-refractivity contribution in [2.24, 2.45) is 0 Å². The van der Waals surface area contributed by atoms with E-state index in [2.05, 4.69) is 4.90 Å². The Morgan fingerprint density at radius 2 is 1.54 bits per heavy atom. The van der Waals surface area contributed by atoms with Gasteiger partial charge in [-0.15, -0.1) is 0 Å². The van der Waals surface area contributed by atoms with Crippen LogP contribution < -0.4 is 15.4 Å². The normalized spacial score (nSPS) is 14.6. The maximum Gasteiger partial charge on any atom is 0.415 e. The molecule has 1 saturated heterocycles. The molecule has 7 heteroatoms. The number of anilines is 2. The smallest absolute Gasteiger partial charge is 0.407 e. The van der Waals surface area contributed by atoms with Gasteiger partial charge in [-0.05, 0) is 36.4 Å². The largest absolute Gasteiger partial charge is 0.415 e. The van der Waals surface area contributed by atoms with Crippen molar-refractivity contribution in [1.29, 1.82) is 0 Å². The van der Waals surface area contributed by atoms with E-state index in [9.17, 15) is 4.79 Å². The van der Waals surface area contributed by atoms with Gasteiger partial charge in [-0.25, -0.2) is 4.79 Å². The van der Waals surface area contributed by atoms with Crippen LogP contribution in [-0.2, 0) is 0 Å². The highest BCUT2D eigenvalue weighted by Gasteiger charge is 2.24.